The number of nitrogens with one attached hydrogen (secondary N) is 2. The Balaban J connectivity index is 1.78. The van der Waals surface area contributed by atoms with E-state index in [0.29, 0.717) is 18.1 Å². The molecular formula is C13H17ClN2O4S. The second-order valence-corrected chi connectivity index (χ2v) is 6.85. The summed E-state index contributed by atoms with van der Waals surface area (Å²) in [6, 6.07) is 5.99. The average molecular weight is 333 g/mol. The van der Waals surface area contributed by atoms with E-state index in [0.717, 1.165) is 6.42 Å². The molecule has 2 N–H and O–H groups in total. The molecule has 1 amide bonds. The Morgan fingerprint density at radius 2 is 2.19 bits per heavy atom. The molecule has 0 radical (unpaired) electrons. The van der Waals surface area contributed by atoms with Crippen LogP contribution in [-0.4, -0.2) is 40.1 Å². The molecule has 1 aliphatic heterocycles. The first kappa shape index (κ1) is 16.2. The quantitative estimate of drug-likeness (QED) is 0.758. The first-order valence-corrected chi connectivity index (χ1v) is 8.50. The molecule has 2 rings (SSSR count). The van der Waals surface area contributed by atoms with Crippen LogP contribution in [0, 0.1) is 0 Å². The van der Waals surface area contributed by atoms with Gasteiger partial charge in [0.05, 0.1) is 4.90 Å². The summed E-state index contributed by atoms with van der Waals surface area (Å²) in [6.07, 6.45) is 1.18. The maximum absolute atomic E-state index is 12.0. The molecule has 1 fully saturated rings. The predicted molar refractivity (Wildman–Crippen MR) is 78.6 cm³/mol. The minimum Gasteiger partial charge on any atom is -0.368 e. The summed E-state index contributed by atoms with van der Waals surface area (Å²) in [4.78, 5) is 11.8. The summed E-state index contributed by atoms with van der Waals surface area (Å²) in [5.74, 6) is -0.200. The van der Waals surface area contributed by atoms with Gasteiger partial charge in [0.15, 0.2) is 0 Å². The van der Waals surface area contributed by atoms with Gasteiger partial charge in [-0.25, -0.2) is 13.1 Å². The molecule has 0 saturated carbocycles. The Kier molecular flexibility index (Phi) is 5.58. The Bertz CT molecular complexity index is 600. The van der Waals surface area contributed by atoms with Crippen molar-refractivity contribution in [2.24, 2.45) is 0 Å². The van der Waals surface area contributed by atoms with E-state index in [9.17, 15) is 13.2 Å². The van der Waals surface area contributed by atoms with Crippen LogP contribution in [0.25, 0.3) is 0 Å². The number of hydrogen-bond donors (Lipinski definition) is 2. The first-order chi connectivity index (χ1) is 9.99. The summed E-state index contributed by atoms with van der Waals surface area (Å²) in [6.45, 7) is 0.908. The van der Waals surface area contributed by atoms with Crippen LogP contribution in [0.3, 0.4) is 0 Å². The van der Waals surface area contributed by atoms with Crippen molar-refractivity contribution in [1.29, 1.82) is 0 Å². The lowest BCUT2D eigenvalue weighted by Crippen LogP contribution is -2.39. The van der Waals surface area contributed by atoms with Gasteiger partial charge >= 0.3 is 0 Å². The average Bonchev–Trinajstić information content (AvgIpc) is 2.97. The normalized spacial score (nSPS) is 18.6. The molecule has 0 spiro atoms. The maximum Gasteiger partial charge on any atom is 0.249 e. The highest BCUT2D eigenvalue weighted by molar-refractivity contribution is 7.89. The van der Waals surface area contributed by atoms with Crippen LogP contribution in [-0.2, 0) is 19.6 Å². The van der Waals surface area contributed by atoms with Crippen LogP contribution in [0.15, 0.2) is 29.2 Å². The smallest absolute Gasteiger partial charge is 0.249 e. The van der Waals surface area contributed by atoms with E-state index >= 15 is 0 Å². The lowest BCUT2D eigenvalue weighted by atomic mass is 10.2. The van der Waals surface area contributed by atoms with E-state index in [2.05, 4.69) is 10.0 Å². The van der Waals surface area contributed by atoms with Crippen LogP contribution in [0.1, 0.15) is 12.8 Å². The topological polar surface area (TPSA) is 84.5 Å². The van der Waals surface area contributed by atoms with E-state index in [-0.39, 0.29) is 23.9 Å². The first-order valence-electron chi connectivity index (χ1n) is 6.63. The van der Waals surface area contributed by atoms with Crippen LogP contribution in [0.4, 0.5) is 0 Å². The summed E-state index contributed by atoms with van der Waals surface area (Å²) >= 11 is 5.76. The Morgan fingerprint density at radius 3 is 2.86 bits per heavy atom. The molecule has 1 aromatic rings. The predicted octanol–water partition coefficient (Wildman–Crippen LogP) is 0.913. The molecule has 0 bridgehead atoms. The number of benzene rings is 1. The fourth-order valence-electron chi connectivity index (χ4n) is 1.99. The third kappa shape index (κ3) is 4.67. The minimum atomic E-state index is -3.62. The fraction of sp³-hybridized carbons (Fsp3) is 0.462. The fourth-order valence-corrected chi connectivity index (χ4v) is 3.32. The van der Waals surface area contributed by atoms with E-state index in [4.69, 9.17) is 16.3 Å². The van der Waals surface area contributed by atoms with Crippen molar-refractivity contribution in [3.05, 3.63) is 29.3 Å². The van der Waals surface area contributed by atoms with Crippen molar-refractivity contribution in [2.45, 2.75) is 23.8 Å². The second kappa shape index (κ2) is 7.22. The number of amides is 1. The van der Waals surface area contributed by atoms with Gasteiger partial charge in [-0.3, -0.25) is 4.79 Å². The molecular weight excluding hydrogens is 316 g/mol. The number of hydrogen-bond acceptors (Lipinski definition) is 4. The Morgan fingerprint density at radius 1 is 1.38 bits per heavy atom. The molecule has 6 nitrogen and oxygen atoms in total. The zero-order chi connectivity index (χ0) is 15.3. The summed E-state index contributed by atoms with van der Waals surface area (Å²) < 4.78 is 31.6. The van der Waals surface area contributed by atoms with Crippen molar-refractivity contribution in [3.8, 4) is 0 Å². The molecule has 1 aliphatic rings. The van der Waals surface area contributed by atoms with Crippen molar-refractivity contribution < 1.29 is 17.9 Å². The molecule has 116 valence electrons. The Labute approximate surface area is 128 Å². The van der Waals surface area contributed by atoms with Crippen LogP contribution in [0.5, 0.6) is 0 Å². The zero-order valence-electron chi connectivity index (χ0n) is 11.3. The highest BCUT2D eigenvalue weighted by atomic mass is 35.5. The SMILES string of the molecule is O=C(NCCNS(=O)(=O)c1cccc(Cl)c1)[C@H]1CCCO1. The van der Waals surface area contributed by atoms with Gasteiger partial charge in [0, 0.05) is 24.7 Å². The third-order valence-corrected chi connectivity index (χ3v) is 4.74. The standard InChI is InChI=1S/C13H17ClN2O4S/c14-10-3-1-4-11(9-10)21(18,19)16-7-6-15-13(17)12-5-2-8-20-12/h1,3-4,9,12,16H,2,5-8H2,(H,15,17)/t12-/m1/s1. The largest absolute Gasteiger partial charge is 0.368 e. The van der Waals surface area contributed by atoms with Gasteiger partial charge < -0.3 is 10.1 Å². The van der Waals surface area contributed by atoms with E-state index in [1.54, 1.807) is 12.1 Å². The number of rotatable bonds is 6. The summed E-state index contributed by atoms with van der Waals surface area (Å²) in [5, 5.41) is 2.99. The molecule has 1 atom stereocenters. The number of sulfonamides is 1. The van der Waals surface area contributed by atoms with Gasteiger partial charge in [-0.05, 0) is 31.0 Å². The van der Waals surface area contributed by atoms with Crippen LogP contribution < -0.4 is 10.0 Å². The number of halogens is 1. The van der Waals surface area contributed by atoms with Gasteiger partial charge in [-0.15, -0.1) is 0 Å². The van der Waals surface area contributed by atoms with Gasteiger partial charge in [0.25, 0.3) is 0 Å². The van der Waals surface area contributed by atoms with Crippen molar-refractivity contribution in [3.63, 3.8) is 0 Å². The van der Waals surface area contributed by atoms with E-state index in [1.807, 2.05) is 0 Å². The third-order valence-electron chi connectivity index (χ3n) is 3.04. The molecule has 1 saturated heterocycles. The summed E-state index contributed by atoms with van der Waals surface area (Å²) in [5.41, 5.74) is 0. The monoisotopic (exact) mass is 332 g/mol. The van der Waals surface area contributed by atoms with Crippen LogP contribution >= 0.6 is 11.6 Å². The molecule has 1 aromatic carbocycles. The van der Waals surface area contributed by atoms with E-state index < -0.39 is 16.1 Å². The highest BCUT2D eigenvalue weighted by Gasteiger charge is 2.23. The molecule has 0 aliphatic carbocycles. The second-order valence-electron chi connectivity index (χ2n) is 4.65. The zero-order valence-corrected chi connectivity index (χ0v) is 12.9. The van der Waals surface area contributed by atoms with Gasteiger partial charge in [-0.1, -0.05) is 17.7 Å². The van der Waals surface area contributed by atoms with Crippen molar-refractivity contribution in [2.75, 3.05) is 19.7 Å². The lowest BCUT2D eigenvalue weighted by Gasteiger charge is -2.11. The lowest BCUT2D eigenvalue weighted by molar-refractivity contribution is -0.129. The molecule has 1 heterocycles. The summed E-state index contributed by atoms with van der Waals surface area (Å²) in [7, 11) is -3.62. The van der Waals surface area contributed by atoms with Gasteiger partial charge in [-0.2, -0.15) is 0 Å². The number of carbonyl (C=O) groups excluding carboxylic acids is 1. The molecule has 8 heteroatoms. The minimum absolute atomic E-state index is 0.0976. The molecule has 0 aromatic heterocycles. The number of carbonyl (C=O) groups is 1. The van der Waals surface area contributed by atoms with Gasteiger partial charge in [0.2, 0.25) is 15.9 Å². The highest BCUT2D eigenvalue weighted by Crippen LogP contribution is 2.15. The van der Waals surface area contributed by atoms with Crippen LogP contribution in [0.2, 0.25) is 5.02 Å². The van der Waals surface area contributed by atoms with Crippen molar-refractivity contribution in [1.82, 2.24) is 10.0 Å². The number of ether oxygens (including phenoxy) is 1. The molecule has 0 unspecified atom stereocenters. The van der Waals surface area contributed by atoms with E-state index in [1.165, 1.54) is 12.1 Å². The maximum atomic E-state index is 12.0. The molecule has 21 heavy (non-hydrogen) atoms. The van der Waals surface area contributed by atoms with Crippen molar-refractivity contribution >= 4 is 27.5 Å². The Hall–Kier alpha value is -1.15. The van der Waals surface area contributed by atoms with Gasteiger partial charge in [0.1, 0.15) is 6.10 Å².